The normalized spacial score (nSPS) is 13.6. The second-order valence-electron chi connectivity index (χ2n) is 4.50. The Labute approximate surface area is 122 Å². The summed E-state index contributed by atoms with van der Waals surface area (Å²) in [6.07, 6.45) is -5.23. The number of halogens is 6. The topological polar surface area (TPSA) is 12.0 Å². The van der Waals surface area contributed by atoms with Crippen molar-refractivity contribution in [2.75, 3.05) is 6.54 Å². The lowest BCUT2D eigenvalue weighted by molar-refractivity contribution is -0.140. The molecule has 1 atom stereocenters. The van der Waals surface area contributed by atoms with Crippen LogP contribution in [0.1, 0.15) is 25.3 Å². The van der Waals surface area contributed by atoms with Crippen LogP contribution in [-0.4, -0.2) is 18.8 Å². The molecule has 20 heavy (non-hydrogen) atoms. The van der Waals surface area contributed by atoms with E-state index in [4.69, 9.17) is 0 Å². The van der Waals surface area contributed by atoms with Crippen molar-refractivity contribution < 1.29 is 22.0 Å². The summed E-state index contributed by atoms with van der Waals surface area (Å²) in [6.45, 7) is 2.16. The first kappa shape index (κ1) is 17.4. The zero-order valence-corrected chi connectivity index (χ0v) is 12.4. The van der Waals surface area contributed by atoms with E-state index in [0.29, 0.717) is 13.0 Å². The van der Waals surface area contributed by atoms with Crippen molar-refractivity contribution >= 4 is 15.9 Å². The van der Waals surface area contributed by atoms with Gasteiger partial charge in [-0.25, -0.2) is 8.78 Å². The predicted molar refractivity (Wildman–Crippen MR) is 70.5 cm³/mol. The first-order valence-corrected chi connectivity index (χ1v) is 6.96. The van der Waals surface area contributed by atoms with E-state index in [1.807, 2.05) is 0 Å². The van der Waals surface area contributed by atoms with Crippen molar-refractivity contribution in [2.45, 2.75) is 38.4 Å². The SMILES string of the molecule is CCCNC(Cc1c(F)ccc(Br)c1F)CC(F)(F)F. The Hall–Kier alpha value is -0.690. The van der Waals surface area contributed by atoms with Gasteiger partial charge in [-0.3, -0.25) is 0 Å². The Balaban J connectivity index is 2.91. The van der Waals surface area contributed by atoms with E-state index in [1.165, 1.54) is 6.07 Å². The van der Waals surface area contributed by atoms with Gasteiger partial charge in [-0.05, 0) is 47.4 Å². The van der Waals surface area contributed by atoms with Crippen molar-refractivity contribution in [2.24, 2.45) is 0 Å². The first-order valence-electron chi connectivity index (χ1n) is 6.17. The molecule has 1 nitrogen and oxygen atoms in total. The van der Waals surface area contributed by atoms with E-state index < -0.39 is 30.3 Å². The fourth-order valence-electron chi connectivity index (χ4n) is 1.85. The molecule has 1 aromatic carbocycles. The van der Waals surface area contributed by atoms with Crippen LogP contribution in [0.15, 0.2) is 16.6 Å². The van der Waals surface area contributed by atoms with Gasteiger partial charge in [0.05, 0.1) is 10.9 Å². The Morgan fingerprint density at radius 3 is 2.45 bits per heavy atom. The highest BCUT2D eigenvalue weighted by Crippen LogP contribution is 2.27. The molecule has 1 rings (SSSR count). The lowest BCUT2D eigenvalue weighted by atomic mass is 10.0. The highest BCUT2D eigenvalue weighted by molar-refractivity contribution is 9.10. The molecule has 1 N–H and O–H groups in total. The van der Waals surface area contributed by atoms with Crippen LogP contribution in [0.5, 0.6) is 0 Å². The quantitative estimate of drug-likeness (QED) is 0.578. The molecule has 0 aromatic heterocycles. The van der Waals surface area contributed by atoms with Crippen LogP contribution < -0.4 is 5.32 Å². The monoisotopic (exact) mass is 359 g/mol. The third-order valence-electron chi connectivity index (χ3n) is 2.75. The number of rotatable bonds is 6. The van der Waals surface area contributed by atoms with Crippen molar-refractivity contribution in [3.8, 4) is 0 Å². The maximum atomic E-state index is 13.8. The highest BCUT2D eigenvalue weighted by atomic mass is 79.9. The molecular weight excluding hydrogens is 345 g/mol. The molecule has 0 saturated carbocycles. The predicted octanol–water partition coefficient (Wildman–Crippen LogP) is 4.59. The van der Waals surface area contributed by atoms with Crippen LogP contribution in [-0.2, 0) is 6.42 Å². The fourth-order valence-corrected chi connectivity index (χ4v) is 2.22. The van der Waals surface area contributed by atoms with Gasteiger partial charge in [-0.15, -0.1) is 0 Å². The summed E-state index contributed by atoms with van der Waals surface area (Å²) in [6, 6.07) is 1.17. The maximum Gasteiger partial charge on any atom is 0.390 e. The molecule has 0 aliphatic carbocycles. The van der Waals surface area contributed by atoms with Gasteiger partial charge in [0.25, 0.3) is 0 Å². The van der Waals surface area contributed by atoms with Crippen LogP contribution in [0.2, 0.25) is 0 Å². The van der Waals surface area contributed by atoms with Crippen LogP contribution in [0.3, 0.4) is 0 Å². The summed E-state index contributed by atoms with van der Waals surface area (Å²) in [5.41, 5.74) is -0.336. The fraction of sp³-hybridized carbons (Fsp3) is 0.538. The largest absolute Gasteiger partial charge is 0.390 e. The minimum absolute atomic E-state index is 0.0372. The third-order valence-corrected chi connectivity index (χ3v) is 3.36. The number of nitrogens with one attached hydrogen (secondary N) is 1. The van der Waals surface area contributed by atoms with E-state index in [0.717, 1.165) is 6.07 Å². The van der Waals surface area contributed by atoms with Crippen molar-refractivity contribution in [3.63, 3.8) is 0 Å². The Morgan fingerprint density at radius 2 is 1.90 bits per heavy atom. The Bertz CT molecular complexity index is 447. The van der Waals surface area contributed by atoms with Gasteiger partial charge in [0.2, 0.25) is 0 Å². The van der Waals surface area contributed by atoms with Gasteiger partial charge >= 0.3 is 6.18 Å². The average Bonchev–Trinajstić information content (AvgIpc) is 2.34. The molecule has 0 aliphatic rings. The molecule has 114 valence electrons. The summed E-state index contributed by atoms with van der Waals surface area (Å²) >= 11 is 2.90. The van der Waals surface area contributed by atoms with E-state index in [-0.39, 0.29) is 16.5 Å². The molecule has 0 heterocycles. The number of hydrogen-bond acceptors (Lipinski definition) is 1. The second kappa shape index (κ2) is 7.36. The van der Waals surface area contributed by atoms with Gasteiger partial charge in [0.1, 0.15) is 11.6 Å². The van der Waals surface area contributed by atoms with Gasteiger partial charge in [0.15, 0.2) is 0 Å². The first-order chi connectivity index (χ1) is 9.24. The molecular formula is C13H15BrF5N. The minimum atomic E-state index is -4.38. The smallest absolute Gasteiger partial charge is 0.313 e. The molecule has 1 aromatic rings. The van der Waals surface area contributed by atoms with Crippen LogP contribution in [0.4, 0.5) is 22.0 Å². The van der Waals surface area contributed by atoms with Crippen LogP contribution >= 0.6 is 15.9 Å². The van der Waals surface area contributed by atoms with Crippen LogP contribution in [0.25, 0.3) is 0 Å². The molecule has 7 heteroatoms. The van der Waals surface area contributed by atoms with Crippen molar-refractivity contribution in [3.05, 3.63) is 33.8 Å². The van der Waals surface area contributed by atoms with E-state index >= 15 is 0 Å². The number of benzene rings is 1. The van der Waals surface area contributed by atoms with Gasteiger partial charge in [0, 0.05) is 11.6 Å². The Morgan fingerprint density at radius 1 is 1.25 bits per heavy atom. The molecule has 0 spiro atoms. The standard InChI is InChI=1S/C13H15BrF5N/c1-2-5-20-8(7-13(17,18)19)6-9-11(15)4-3-10(14)12(9)16/h3-4,8,20H,2,5-7H2,1H3. The summed E-state index contributed by atoms with van der Waals surface area (Å²) in [5, 5.41) is 2.68. The Kier molecular flexibility index (Phi) is 6.39. The van der Waals surface area contributed by atoms with E-state index in [9.17, 15) is 22.0 Å². The van der Waals surface area contributed by atoms with Crippen LogP contribution in [0, 0.1) is 11.6 Å². The molecule has 0 fully saturated rings. The van der Waals surface area contributed by atoms with Gasteiger partial charge < -0.3 is 5.32 Å². The zero-order chi connectivity index (χ0) is 15.3. The summed E-state index contributed by atoms with van der Waals surface area (Å²) in [4.78, 5) is 0. The molecule has 0 radical (unpaired) electrons. The van der Waals surface area contributed by atoms with Gasteiger partial charge in [-0.1, -0.05) is 6.92 Å². The second-order valence-corrected chi connectivity index (χ2v) is 5.35. The number of hydrogen-bond donors (Lipinski definition) is 1. The van der Waals surface area contributed by atoms with Crippen molar-refractivity contribution in [1.82, 2.24) is 5.32 Å². The van der Waals surface area contributed by atoms with Gasteiger partial charge in [-0.2, -0.15) is 13.2 Å². The summed E-state index contributed by atoms with van der Waals surface area (Å²) in [5.74, 6) is -1.69. The van der Waals surface area contributed by atoms with Crippen molar-refractivity contribution in [1.29, 1.82) is 0 Å². The lowest BCUT2D eigenvalue weighted by Gasteiger charge is -2.21. The molecule has 1 unspecified atom stereocenters. The average molecular weight is 360 g/mol. The third kappa shape index (κ3) is 5.36. The molecule has 0 saturated heterocycles. The van der Waals surface area contributed by atoms with E-state index in [2.05, 4.69) is 21.2 Å². The zero-order valence-electron chi connectivity index (χ0n) is 10.8. The highest BCUT2D eigenvalue weighted by Gasteiger charge is 2.32. The van der Waals surface area contributed by atoms with E-state index in [1.54, 1.807) is 6.92 Å². The molecule has 0 aliphatic heterocycles. The summed E-state index contributed by atoms with van der Waals surface area (Å²) < 4.78 is 64.8. The molecule has 0 amide bonds. The summed E-state index contributed by atoms with van der Waals surface area (Å²) in [7, 11) is 0. The lowest BCUT2D eigenvalue weighted by Crippen LogP contribution is -2.36. The molecule has 0 bridgehead atoms. The number of alkyl halides is 3. The maximum absolute atomic E-state index is 13.8. The minimum Gasteiger partial charge on any atom is -0.313 e.